The Labute approximate surface area is 87.3 Å². The molecule has 0 bridgehead atoms. The Morgan fingerprint density at radius 3 is 2.36 bits per heavy atom. The summed E-state index contributed by atoms with van der Waals surface area (Å²) in [6.45, 7) is 2.15. The maximum absolute atomic E-state index is 10.2. The van der Waals surface area contributed by atoms with Gasteiger partial charge < -0.3 is 10.2 Å². The molecule has 2 N–H and O–H groups in total. The van der Waals surface area contributed by atoms with Gasteiger partial charge in [0.15, 0.2) is 0 Å². The lowest BCUT2D eigenvalue weighted by atomic mass is 9.79. The maximum atomic E-state index is 10.2. The summed E-state index contributed by atoms with van der Waals surface area (Å²) in [4.78, 5) is 0. The van der Waals surface area contributed by atoms with Crippen molar-refractivity contribution in [3.63, 3.8) is 0 Å². The van der Waals surface area contributed by atoms with Gasteiger partial charge in [0.1, 0.15) is 0 Å². The second-order valence-corrected chi connectivity index (χ2v) is 4.68. The largest absolute Gasteiger partial charge is 0.390 e. The van der Waals surface area contributed by atoms with E-state index < -0.39 is 11.7 Å². The third kappa shape index (κ3) is 3.25. The maximum Gasteiger partial charge on any atom is 0.0905 e. The van der Waals surface area contributed by atoms with E-state index in [9.17, 15) is 10.2 Å². The highest BCUT2D eigenvalue weighted by atomic mass is 16.3. The summed E-state index contributed by atoms with van der Waals surface area (Å²) in [5.41, 5.74) is -0.758. The Morgan fingerprint density at radius 2 is 1.79 bits per heavy atom. The predicted molar refractivity (Wildman–Crippen MR) is 58.2 cm³/mol. The van der Waals surface area contributed by atoms with Crippen LogP contribution in [0.15, 0.2) is 0 Å². The van der Waals surface area contributed by atoms with Gasteiger partial charge in [-0.1, -0.05) is 45.4 Å². The number of unbranched alkanes of at least 4 members (excludes halogenated alkanes) is 2. The second-order valence-electron chi connectivity index (χ2n) is 4.68. The molecule has 0 aliphatic heterocycles. The average Bonchev–Trinajstić information content (AvgIpc) is 2.19. The van der Waals surface area contributed by atoms with Crippen molar-refractivity contribution in [2.45, 2.75) is 76.4 Å². The molecule has 0 aromatic carbocycles. The van der Waals surface area contributed by atoms with E-state index in [0.29, 0.717) is 0 Å². The fourth-order valence-corrected chi connectivity index (χ4v) is 2.35. The summed E-state index contributed by atoms with van der Waals surface area (Å²) in [7, 11) is 0. The Bertz CT molecular complexity index is 150. The van der Waals surface area contributed by atoms with Gasteiger partial charge in [0.05, 0.1) is 11.7 Å². The molecule has 84 valence electrons. The molecule has 0 saturated heterocycles. The number of aliphatic hydroxyl groups is 2. The highest BCUT2D eigenvalue weighted by molar-refractivity contribution is 4.88. The van der Waals surface area contributed by atoms with E-state index >= 15 is 0 Å². The van der Waals surface area contributed by atoms with Crippen molar-refractivity contribution < 1.29 is 10.2 Å². The molecule has 0 amide bonds. The summed E-state index contributed by atoms with van der Waals surface area (Å²) in [6, 6.07) is 0. The summed E-state index contributed by atoms with van der Waals surface area (Å²) >= 11 is 0. The van der Waals surface area contributed by atoms with E-state index in [4.69, 9.17) is 0 Å². The van der Waals surface area contributed by atoms with Crippen molar-refractivity contribution >= 4 is 0 Å². The molecule has 2 nitrogen and oxygen atoms in total. The molecule has 1 unspecified atom stereocenters. The van der Waals surface area contributed by atoms with Gasteiger partial charge in [0.25, 0.3) is 0 Å². The lowest BCUT2D eigenvalue weighted by Crippen LogP contribution is -2.43. The summed E-state index contributed by atoms with van der Waals surface area (Å²) in [5.74, 6) is 0. The molecule has 1 aliphatic rings. The third-order valence-electron chi connectivity index (χ3n) is 3.42. The zero-order chi connectivity index (χ0) is 10.4. The van der Waals surface area contributed by atoms with E-state index in [1.165, 1.54) is 12.8 Å². The van der Waals surface area contributed by atoms with Crippen molar-refractivity contribution in [1.29, 1.82) is 0 Å². The lowest BCUT2D eigenvalue weighted by Gasteiger charge is -2.36. The molecule has 0 spiro atoms. The molecule has 0 aromatic heterocycles. The molecule has 1 aliphatic carbocycles. The van der Waals surface area contributed by atoms with Crippen LogP contribution in [0.25, 0.3) is 0 Å². The van der Waals surface area contributed by atoms with Crippen molar-refractivity contribution in [1.82, 2.24) is 0 Å². The Morgan fingerprint density at radius 1 is 1.14 bits per heavy atom. The van der Waals surface area contributed by atoms with E-state index in [1.54, 1.807) is 0 Å². The van der Waals surface area contributed by atoms with E-state index in [0.717, 1.165) is 44.9 Å². The minimum Gasteiger partial charge on any atom is -0.390 e. The molecule has 1 rings (SSSR count). The minimum absolute atomic E-state index is 0.491. The van der Waals surface area contributed by atoms with Crippen LogP contribution in [0, 0.1) is 0 Å². The molecule has 0 radical (unpaired) electrons. The minimum atomic E-state index is -0.758. The van der Waals surface area contributed by atoms with Gasteiger partial charge in [-0.3, -0.25) is 0 Å². The first-order chi connectivity index (χ1) is 6.69. The van der Waals surface area contributed by atoms with Crippen LogP contribution in [0.5, 0.6) is 0 Å². The van der Waals surface area contributed by atoms with E-state index in [-0.39, 0.29) is 0 Å². The van der Waals surface area contributed by atoms with Crippen LogP contribution in [0.3, 0.4) is 0 Å². The molecule has 0 heterocycles. The van der Waals surface area contributed by atoms with Gasteiger partial charge in [-0.25, -0.2) is 0 Å². The van der Waals surface area contributed by atoms with Crippen molar-refractivity contribution in [2.75, 3.05) is 0 Å². The van der Waals surface area contributed by atoms with Crippen LogP contribution in [0.1, 0.15) is 64.7 Å². The molecule has 0 aromatic rings. The molecule has 14 heavy (non-hydrogen) atoms. The summed E-state index contributed by atoms with van der Waals surface area (Å²) < 4.78 is 0. The zero-order valence-electron chi connectivity index (χ0n) is 9.34. The van der Waals surface area contributed by atoms with Crippen LogP contribution in [-0.2, 0) is 0 Å². The molecule has 1 saturated carbocycles. The number of hydrogen-bond donors (Lipinski definition) is 2. The normalized spacial score (nSPS) is 23.4. The Kier molecular flexibility index (Phi) is 4.90. The Balaban J connectivity index is 2.29. The van der Waals surface area contributed by atoms with Crippen LogP contribution in [0.4, 0.5) is 0 Å². The number of hydrogen-bond acceptors (Lipinski definition) is 2. The molecule has 1 fully saturated rings. The Hall–Kier alpha value is -0.0800. The summed E-state index contributed by atoms with van der Waals surface area (Å²) in [6.07, 6.45) is 8.59. The standard InChI is InChI=1S/C12H24O2/c1-2-3-5-8-11(13)12(14)9-6-4-7-10-12/h11,13-14H,2-10H2,1H3. The number of rotatable bonds is 5. The topological polar surface area (TPSA) is 40.5 Å². The zero-order valence-corrected chi connectivity index (χ0v) is 9.34. The van der Waals surface area contributed by atoms with Crippen molar-refractivity contribution in [2.24, 2.45) is 0 Å². The van der Waals surface area contributed by atoms with Crippen molar-refractivity contribution in [3.8, 4) is 0 Å². The first-order valence-electron chi connectivity index (χ1n) is 6.09. The van der Waals surface area contributed by atoms with Crippen LogP contribution >= 0.6 is 0 Å². The van der Waals surface area contributed by atoms with Crippen LogP contribution in [-0.4, -0.2) is 21.9 Å². The van der Waals surface area contributed by atoms with Gasteiger partial charge >= 0.3 is 0 Å². The molecule has 1 atom stereocenters. The SMILES string of the molecule is CCCCCC(O)C1(O)CCCCC1. The van der Waals surface area contributed by atoms with Crippen LogP contribution in [0.2, 0.25) is 0 Å². The van der Waals surface area contributed by atoms with E-state index in [1.807, 2.05) is 0 Å². The highest BCUT2D eigenvalue weighted by Gasteiger charge is 2.35. The van der Waals surface area contributed by atoms with Gasteiger partial charge in [0.2, 0.25) is 0 Å². The first-order valence-corrected chi connectivity index (χ1v) is 6.09. The number of aliphatic hydroxyl groups excluding tert-OH is 1. The fraction of sp³-hybridized carbons (Fsp3) is 1.00. The molecular weight excluding hydrogens is 176 g/mol. The predicted octanol–water partition coefficient (Wildman–Crippen LogP) is 2.62. The fourth-order valence-electron chi connectivity index (χ4n) is 2.35. The van der Waals surface area contributed by atoms with E-state index in [2.05, 4.69) is 6.92 Å². The average molecular weight is 200 g/mol. The van der Waals surface area contributed by atoms with Gasteiger partial charge in [-0.05, 0) is 19.3 Å². The third-order valence-corrected chi connectivity index (χ3v) is 3.42. The van der Waals surface area contributed by atoms with Gasteiger partial charge in [-0.2, -0.15) is 0 Å². The molecular formula is C12H24O2. The molecule has 2 heteroatoms. The second kappa shape index (κ2) is 5.72. The quantitative estimate of drug-likeness (QED) is 0.670. The monoisotopic (exact) mass is 200 g/mol. The lowest BCUT2D eigenvalue weighted by molar-refractivity contribution is -0.100. The van der Waals surface area contributed by atoms with Crippen LogP contribution < -0.4 is 0 Å². The highest BCUT2D eigenvalue weighted by Crippen LogP contribution is 2.32. The smallest absolute Gasteiger partial charge is 0.0905 e. The summed E-state index contributed by atoms with van der Waals surface area (Å²) in [5, 5.41) is 20.1. The van der Waals surface area contributed by atoms with Crippen molar-refractivity contribution in [3.05, 3.63) is 0 Å². The van der Waals surface area contributed by atoms with Gasteiger partial charge in [-0.15, -0.1) is 0 Å². The first kappa shape index (κ1) is 12.0. The van der Waals surface area contributed by atoms with Gasteiger partial charge in [0, 0.05) is 0 Å².